The quantitative estimate of drug-likeness (QED) is 0.274. The van der Waals surface area contributed by atoms with Gasteiger partial charge in [0.2, 0.25) is 16.0 Å². The first-order valence-electron chi connectivity index (χ1n) is 12.3. The second-order valence-corrected chi connectivity index (χ2v) is 12.0. The fraction of sp³-hybridized carbons (Fsp3) is 0.440. The molecule has 0 spiro atoms. The van der Waals surface area contributed by atoms with Gasteiger partial charge in [-0.15, -0.1) is 0 Å². The van der Waals surface area contributed by atoms with E-state index in [2.05, 4.69) is 35.0 Å². The molecule has 4 N–H and O–H groups in total. The van der Waals surface area contributed by atoms with Gasteiger partial charge in [-0.25, -0.2) is 37.3 Å². The molecule has 3 rings (SSSR count). The van der Waals surface area contributed by atoms with Crippen molar-refractivity contribution in [3.63, 3.8) is 0 Å². The van der Waals surface area contributed by atoms with E-state index in [0.717, 1.165) is 12.1 Å². The van der Waals surface area contributed by atoms with E-state index in [9.17, 15) is 17.6 Å². The summed E-state index contributed by atoms with van der Waals surface area (Å²) in [5.74, 6) is 0.0429. The molecule has 0 bridgehead atoms. The van der Waals surface area contributed by atoms with Gasteiger partial charge in [-0.2, -0.15) is 0 Å². The number of sulfonamides is 1. The lowest BCUT2D eigenvalue weighted by molar-refractivity contribution is 0.168. The highest BCUT2D eigenvalue weighted by Gasteiger charge is 2.28. The number of aromatic amines is 1. The lowest BCUT2D eigenvalue weighted by Crippen LogP contribution is -2.37. The zero-order valence-corrected chi connectivity index (χ0v) is 24.2. The van der Waals surface area contributed by atoms with E-state index >= 15 is 0 Å². The van der Waals surface area contributed by atoms with Gasteiger partial charge >= 0.3 is 6.09 Å². The molecule has 0 fully saturated rings. The molecule has 0 aliphatic carbocycles. The molecule has 212 valence electrons. The van der Waals surface area contributed by atoms with Gasteiger partial charge in [0.25, 0.3) is 0 Å². The number of aromatic nitrogens is 4. The zero-order valence-electron chi connectivity index (χ0n) is 22.6. The smallest absolute Gasteiger partial charge is 0.407 e. The Morgan fingerprint density at radius 3 is 2.62 bits per heavy atom. The van der Waals surface area contributed by atoms with Crippen LogP contribution in [0.5, 0.6) is 0 Å². The summed E-state index contributed by atoms with van der Waals surface area (Å²) in [6, 6.07) is 3.39. The molecule has 0 aliphatic rings. The Labute approximate surface area is 232 Å². The highest BCUT2D eigenvalue weighted by Crippen LogP contribution is 2.39. The predicted octanol–water partition coefficient (Wildman–Crippen LogP) is 4.47. The summed E-state index contributed by atoms with van der Waals surface area (Å²) in [5.41, 5.74) is 0.713. The van der Waals surface area contributed by atoms with Crippen LogP contribution >= 0.6 is 11.6 Å². The Morgan fingerprint density at radius 1 is 1.26 bits per heavy atom. The number of methoxy groups -OCH3 is 1. The van der Waals surface area contributed by atoms with Crippen molar-refractivity contribution in [2.75, 3.05) is 25.5 Å². The topological polar surface area (TPSA) is 151 Å². The summed E-state index contributed by atoms with van der Waals surface area (Å²) in [5, 5.41) is 5.52. The van der Waals surface area contributed by atoms with Gasteiger partial charge < -0.3 is 20.4 Å². The summed E-state index contributed by atoms with van der Waals surface area (Å²) < 4.78 is 47.6. The van der Waals surface area contributed by atoms with Crippen molar-refractivity contribution in [2.45, 2.75) is 57.4 Å². The highest BCUT2D eigenvalue weighted by molar-refractivity contribution is 7.89. The van der Waals surface area contributed by atoms with Crippen LogP contribution in [0, 0.1) is 5.82 Å². The third-order valence-electron chi connectivity index (χ3n) is 5.53. The van der Waals surface area contributed by atoms with Crippen LogP contribution in [0.3, 0.4) is 0 Å². The second kappa shape index (κ2) is 12.3. The van der Waals surface area contributed by atoms with Crippen LogP contribution in [0.1, 0.15) is 46.9 Å². The molecule has 0 radical (unpaired) electrons. The van der Waals surface area contributed by atoms with Crippen LogP contribution in [0.2, 0.25) is 5.02 Å². The molecule has 0 unspecified atom stereocenters. The number of nitrogens with one attached hydrogen (secondary N) is 4. The first kappa shape index (κ1) is 30.3. The van der Waals surface area contributed by atoms with Gasteiger partial charge in [0.05, 0.1) is 29.2 Å². The Kier molecular flexibility index (Phi) is 9.51. The molecular weight excluding hydrogens is 549 g/mol. The number of carbonyl (C=O) groups excluding carboxylic acids is 1. The Balaban J connectivity index is 2.09. The number of hydrogen-bond acceptors (Lipinski definition) is 8. The van der Waals surface area contributed by atoms with Crippen LogP contribution < -0.4 is 15.4 Å². The first-order chi connectivity index (χ1) is 18.3. The van der Waals surface area contributed by atoms with E-state index in [1.807, 2.05) is 27.7 Å². The number of ether oxygens (including phenoxy) is 1. The summed E-state index contributed by atoms with van der Waals surface area (Å²) in [6.07, 6.45) is 1.52. The van der Waals surface area contributed by atoms with E-state index in [-0.39, 0.29) is 39.7 Å². The third-order valence-corrected chi connectivity index (χ3v) is 7.54. The minimum absolute atomic E-state index is 0.0966. The highest BCUT2D eigenvalue weighted by atomic mass is 35.5. The van der Waals surface area contributed by atoms with Gasteiger partial charge in [0.15, 0.2) is 0 Å². The van der Waals surface area contributed by atoms with Gasteiger partial charge in [-0.05, 0) is 31.5 Å². The van der Waals surface area contributed by atoms with Crippen LogP contribution in [0.15, 0.2) is 29.3 Å². The zero-order chi connectivity index (χ0) is 29.0. The van der Waals surface area contributed by atoms with Crippen LogP contribution in [0.4, 0.5) is 15.1 Å². The van der Waals surface area contributed by atoms with E-state index in [1.54, 1.807) is 13.0 Å². The third kappa shape index (κ3) is 7.43. The number of anilines is 1. The van der Waals surface area contributed by atoms with E-state index in [0.29, 0.717) is 30.2 Å². The number of alkyl carbamates (subject to hydrolysis) is 1. The number of hydrogen-bond donors (Lipinski definition) is 4. The maximum atomic E-state index is 14.8. The molecule has 1 aromatic carbocycles. The van der Waals surface area contributed by atoms with Crippen molar-refractivity contribution in [2.24, 2.45) is 0 Å². The Bertz CT molecular complexity index is 1440. The molecule has 0 saturated carbocycles. The normalized spacial score (nSPS) is 12.7. The molecular formula is C25H33ClFN7O4S. The Hall–Kier alpha value is -3.29. The van der Waals surface area contributed by atoms with Crippen LogP contribution in [-0.2, 0) is 20.2 Å². The number of halogens is 2. The number of H-pyrrole nitrogens is 1. The summed E-state index contributed by atoms with van der Waals surface area (Å²) in [6.45, 7) is 9.91. The SMILES string of the molecule is CCCNS(=O)(=O)c1cc(F)cc(-c2nc(C(C)(C)C)[nH]c2-c2ccnc(NC[C@H](C)NC(=O)OC)n2)c1Cl. The van der Waals surface area contributed by atoms with Crippen molar-refractivity contribution in [1.29, 1.82) is 0 Å². The van der Waals surface area contributed by atoms with Crippen LogP contribution in [0.25, 0.3) is 22.6 Å². The second-order valence-electron chi connectivity index (χ2n) is 9.91. The number of nitrogens with zero attached hydrogens (tertiary/aromatic N) is 3. The summed E-state index contributed by atoms with van der Waals surface area (Å²) in [4.78, 5) is 27.8. The summed E-state index contributed by atoms with van der Waals surface area (Å²) in [7, 11) is -2.79. The standard InChI is InChI=1S/C25H33ClFN7O4S/c1-7-9-30-39(36,37)18-12-15(27)11-16(19(18)26)20-21(34-22(33-20)25(3,4)5)17-8-10-28-23(32-17)29-13-14(2)31-24(35)38-6/h8,10-12,14,30H,7,9,13H2,1-6H3,(H,31,35)(H,33,34)(H,28,29,32)/t14-/m0/s1. The first-order valence-corrected chi connectivity index (χ1v) is 14.1. The van der Waals surface area contributed by atoms with Gasteiger partial charge in [-0.3, -0.25) is 0 Å². The van der Waals surface area contributed by atoms with E-state index in [4.69, 9.17) is 16.6 Å². The minimum Gasteiger partial charge on any atom is -0.453 e. The molecule has 0 saturated heterocycles. The van der Waals surface area contributed by atoms with Crippen molar-refractivity contribution < 1.29 is 22.3 Å². The molecule has 1 atom stereocenters. The van der Waals surface area contributed by atoms with Gasteiger partial charge in [0.1, 0.15) is 16.5 Å². The number of benzene rings is 1. The molecule has 0 aliphatic heterocycles. The predicted molar refractivity (Wildman–Crippen MR) is 148 cm³/mol. The van der Waals surface area contributed by atoms with Crippen molar-refractivity contribution in [3.05, 3.63) is 41.1 Å². The summed E-state index contributed by atoms with van der Waals surface area (Å²) >= 11 is 6.60. The molecule has 14 heteroatoms. The molecule has 11 nitrogen and oxygen atoms in total. The van der Waals surface area contributed by atoms with Gasteiger partial charge in [0, 0.05) is 36.3 Å². The lowest BCUT2D eigenvalue weighted by Gasteiger charge is -2.14. The number of amides is 1. The Morgan fingerprint density at radius 2 is 1.97 bits per heavy atom. The fourth-order valence-corrected chi connectivity index (χ4v) is 5.24. The molecule has 39 heavy (non-hydrogen) atoms. The maximum absolute atomic E-state index is 14.8. The number of carbonyl (C=O) groups is 1. The van der Waals surface area contributed by atoms with Crippen molar-refractivity contribution in [1.82, 2.24) is 30.0 Å². The van der Waals surface area contributed by atoms with Crippen molar-refractivity contribution >= 4 is 33.7 Å². The molecule has 1 amide bonds. The lowest BCUT2D eigenvalue weighted by atomic mass is 9.96. The largest absolute Gasteiger partial charge is 0.453 e. The average molecular weight is 582 g/mol. The number of rotatable bonds is 10. The maximum Gasteiger partial charge on any atom is 0.407 e. The average Bonchev–Trinajstić information content (AvgIpc) is 3.33. The molecule has 3 aromatic rings. The van der Waals surface area contributed by atoms with Crippen LogP contribution in [-0.4, -0.2) is 60.7 Å². The van der Waals surface area contributed by atoms with E-state index in [1.165, 1.54) is 13.3 Å². The fourth-order valence-electron chi connectivity index (χ4n) is 3.49. The molecule has 2 aromatic heterocycles. The minimum atomic E-state index is -4.07. The van der Waals surface area contributed by atoms with Gasteiger partial charge in [-0.1, -0.05) is 39.3 Å². The van der Waals surface area contributed by atoms with Crippen molar-refractivity contribution in [3.8, 4) is 22.6 Å². The molecule has 2 heterocycles. The van der Waals surface area contributed by atoms with E-state index < -0.39 is 27.3 Å². The monoisotopic (exact) mass is 581 g/mol. The number of imidazole rings is 1.